The number of para-hydroxylation sites is 1. The summed E-state index contributed by atoms with van der Waals surface area (Å²) in [6.45, 7) is 3.09. The summed E-state index contributed by atoms with van der Waals surface area (Å²) in [7, 11) is 0. The van der Waals surface area contributed by atoms with Gasteiger partial charge in [0.25, 0.3) is 0 Å². The summed E-state index contributed by atoms with van der Waals surface area (Å²) in [5.74, 6) is 0. The molecule has 0 spiro atoms. The van der Waals surface area contributed by atoms with E-state index < -0.39 is 0 Å². The highest BCUT2D eigenvalue weighted by Crippen LogP contribution is 2.21. The van der Waals surface area contributed by atoms with Crippen LogP contribution in [0.2, 0.25) is 0 Å². The molecule has 2 nitrogen and oxygen atoms in total. The zero-order valence-corrected chi connectivity index (χ0v) is 12.8. The highest BCUT2D eigenvalue weighted by atomic mass is 16.3. The first-order chi connectivity index (χ1) is 10.3. The van der Waals surface area contributed by atoms with Crippen molar-refractivity contribution in [3.63, 3.8) is 0 Å². The van der Waals surface area contributed by atoms with Crippen molar-refractivity contribution in [3.8, 4) is 0 Å². The van der Waals surface area contributed by atoms with Crippen LogP contribution in [0.15, 0.2) is 60.7 Å². The van der Waals surface area contributed by atoms with Gasteiger partial charge in [0.15, 0.2) is 0 Å². The molecule has 0 amide bonds. The minimum atomic E-state index is 0.184. The van der Waals surface area contributed by atoms with Gasteiger partial charge in [-0.25, -0.2) is 0 Å². The van der Waals surface area contributed by atoms with Crippen molar-refractivity contribution in [2.45, 2.75) is 32.2 Å². The predicted molar refractivity (Wildman–Crippen MR) is 89.7 cm³/mol. The molecule has 0 fully saturated rings. The second-order valence-electron chi connectivity index (χ2n) is 5.38. The van der Waals surface area contributed by atoms with E-state index in [1.165, 1.54) is 11.3 Å². The number of benzene rings is 2. The molecule has 0 saturated heterocycles. The lowest BCUT2D eigenvalue weighted by molar-refractivity contribution is 0.295. The van der Waals surface area contributed by atoms with Gasteiger partial charge in [0, 0.05) is 18.3 Å². The van der Waals surface area contributed by atoms with Gasteiger partial charge in [0.05, 0.1) is 6.61 Å². The summed E-state index contributed by atoms with van der Waals surface area (Å²) in [4.78, 5) is 2.34. The number of hydrogen-bond acceptors (Lipinski definition) is 2. The fraction of sp³-hybridized carbons (Fsp3) is 0.368. The molecular formula is C19H25NO. The molecule has 1 unspecified atom stereocenters. The van der Waals surface area contributed by atoms with E-state index in [0.29, 0.717) is 12.6 Å². The van der Waals surface area contributed by atoms with Gasteiger partial charge in [0.2, 0.25) is 0 Å². The minimum absolute atomic E-state index is 0.184. The molecule has 112 valence electrons. The third-order valence-electron chi connectivity index (χ3n) is 3.81. The summed E-state index contributed by atoms with van der Waals surface area (Å²) in [5, 5.41) is 9.44. The Morgan fingerprint density at radius 3 is 2.14 bits per heavy atom. The van der Waals surface area contributed by atoms with Crippen molar-refractivity contribution >= 4 is 5.69 Å². The Hall–Kier alpha value is -1.80. The smallest absolute Gasteiger partial charge is 0.0606 e. The Kier molecular flexibility index (Phi) is 6.29. The van der Waals surface area contributed by atoms with Crippen LogP contribution >= 0.6 is 0 Å². The number of hydrogen-bond donors (Lipinski definition) is 1. The van der Waals surface area contributed by atoms with Crippen molar-refractivity contribution in [1.29, 1.82) is 0 Å². The third-order valence-corrected chi connectivity index (χ3v) is 3.81. The summed E-state index contributed by atoms with van der Waals surface area (Å²) in [5.41, 5.74) is 2.55. The largest absolute Gasteiger partial charge is 0.395 e. The molecule has 0 aliphatic carbocycles. The van der Waals surface area contributed by atoms with Crippen LogP contribution in [0.1, 0.15) is 25.3 Å². The van der Waals surface area contributed by atoms with E-state index in [-0.39, 0.29) is 6.61 Å². The zero-order chi connectivity index (χ0) is 14.9. The molecule has 2 aromatic carbocycles. The Morgan fingerprint density at radius 1 is 0.952 bits per heavy atom. The Balaban J connectivity index is 2.20. The van der Waals surface area contributed by atoms with Crippen LogP contribution < -0.4 is 4.90 Å². The van der Waals surface area contributed by atoms with Crippen LogP contribution in [0.3, 0.4) is 0 Å². The van der Waals surface area contributed by atoms with Crippen LogP contribution in [-0.4, -0.2) is 24.3 Å². The van der Waals surface area contributed by atoms with E-state index in [0.717, 1.165) is 19.3 Å². The molecule has 0 radical (unpaired) electrons. The molecular weight excluding hydrogens is 258 g/mol. The van der Waals surface area contributed by atoms with E-state index >= 15 is 0 Å². The summed E-state index contributed by atoms with van der Waals surface area (Å²) in [6.07, 6.45) is 3.29. The van der Waals surface area contributed by atoms with Gasteiger partial charge in [-0.3, -0.25) is 0 Å². The number of aliphatic hydroxyl groups is 1. The molecule has 1 atom stereocenters. The zero-order valence-electron chi connectivity index (χ0n) is 12.8. The van der Waals surface area contributed by atoms with Gasteiger partial charge < -0.3 is 10.0 Å². The lowest BCUT2D eigenvalue weighted by atomic mass is 10.00. The van der Waals surface area contributed by atoms with Crippen LogP contribution in [0.5, 0.6) is 0 Å². The number of aliphatic hydroxyl groups excluding tert-OH is 1. The second kappa shape index (κ2) is 8.48. The van der Waals surface area contributed by atoms with E-state index in [4.69, 9.17) is 0 Å². The van der Waals surface area contributed by atoms with Gasteiger partial charge in [-0.2, -0.15) is 0 Å². The molecule has 2 heteroatoms. The fourth-order valence-corrected chi connectivity index (χ4v) is 2.84. The molecule has 0 saturated carbocycles. The summed E-state index contributed by atoms with van der Waals surface area (Å²) in [6, 6.07) is 21.5. The molecule has 2 rings (SSSR count). The SMILES string of the molecule is CCCC(Cc1ccccc1)N(CCO)c1ccccc1. The van der Waals surface area contributed by atoms with E-state index in [1.54, 1.807) is 0 Å². The first-order valence-corrected chi connectivity index (χ1v) is 7.81. The monoisotopic (exact) mass is 283 g/mol. The number of anilines is 1. The second-order valence-corrected chi connectivity index (χ2v) is 5.38. The first kappa shape index (κ1) is 15.6. The maximum Gasteiger partial charge on any atom is 0.0606 e. The maximum atomic E-state index is 9.44. The minimum Gasteiger partial charge on any atom is -0.395 e. The molecule has 0 aliphatic rings. The average Bonchev–Trinajstić information content (AvgIpc) is 2.54. The van der Waals surface area contributed by atoms with Crippen LogP contribution in [0.25, 0.3) is 0 Å². The van der Waals surface area contributed by atoms with Crippen molar-refractivity contribution in [2.24, 2.45) is 0 Å². The van der Waals surface area contributed by atoms with Crippen molar-refractivity contribution in [3.05, 3.63) is 66.2 Å². The van der Waals surface area contributed by atoms with Crippen LogP contribution in [-0.2, 0) is 6.42 Å². The molecule has 0 aliphatic heterocycles. The van der Waals surface area contributed by atoms with Gasteiger partial charge in [0.1, 0.15) is 0 Å². The molecule has 2 aromatic rings. The van der Waals surface area contributed by atoms with Crippen LogP contribution in [0.4, 0.5) is 5.69 Å². The lowest BCUT2D eigenvalue weighted by Gasteiger charge is -2.33. The van der Waals surface area contributed by atoms with Crippen molar-refractivity contribution in [2.75, 3.05) is 18.1 Å². The average molecular weight is 283 g/mol. The molecule has 21 heavy (non-hydrogen) atoms. The Bertz CT molecular complexity index is 497. The van der Waals surface area contributed by atoms with Crippen LogP contribution in [0, 0.1) is 0 Å². The standard InChI is InChI=1S/C19H25NO/c1-2-9-19(16-17-10-5-3-6-11-17)20(14-15-21)18-12-7-4-8-13-18/h3-8,10-13,19,21H,2,9,14-16H2,1H3. The highest BCUT2D eigenvalue weighted by molar-refractivity contribution is 5.47. The van der Waals surface area contributed by atoms with E-state index in [1.807, 2.05) is 6.07 Å². The summed E-state index contributed by atoms with van der Waals surface area (Å²) < 4.78 is 0. The highest BCUT2D eigenvalue weighted by Gasteiger charge is 2.18. The first-order valence-electron chi connectivity index (χ1n) is 7.81. The van der Waals surface area contributed by atoms with Crippen molar-refractivity contribution in [1.82, 2.24) is 0 Å². The van der Waals surface area contributed by atoms with Gasteiger partial charge in [-0.1, -0.05) is 61.9 Å². The normalized spacial score (nSPS) is 12.1. The van der Waals surface area contributed by atoms with E-state index in [2.05, 4.69) is 66.4 Å². The quantitative estimate of drug-likeness (QED) is 0.794. The molecule has 0 bridgehead atoms. The Morgan fingerprint density at radius 2 is 1.57 bits per heavy atom. The summed E-state index contributed by atoms with van der Waals surface area (Å²) >= 11 is 0. The van der Waals surface area contributed by atoms with Crippen molar-refractivity contribution < 1.29 is 5.11 Å². The van der Waals surface area contributed by atoms with E-state index in [9.17, 15) is 5.11 Å². The fourth-order valence-electron chi connectivity index (χ4n) is 2.84. The van der Waals surface area contributed by atoms with Gasteiger partial charge in [-0.05, 0) is 30.5 Å². The maximum absolute atomic E-state index is 9.44. The van der Waals surface area contributed by atoms with Gasteiger partial charge >= 0.3 is 0 Å². The molecule has 0 heterocycles. The Labute approximate surface area is 128 Å². The molecule has 1 N–H and O–H groups in total. The molecule has 0 aromatic heterocycles. The number of rotatable bonds is 8. The third kappa shape index (κ3) is 4.61. The lowest BCUT2D eigenvalue weighted by Crippen LogP contribution is -2.39. The van der Waals surface area contributed by atoms with Gasteiger partial charge in [-0.15, -0.1) is 0 Å². The topological polar surface area (TPSA) is 23.5 Å². The number of nitrogens with zero attached hydrogens (tertiary/aromatic N) is 1. The predicted octanol–water partition coefficient (Wildman–Crippen LogP) is 3.90.